The van der Waals surface area contributed by atoms with E-state index in [2.05, 4.69) is 15.9 Å². The zero-order chi connectivity index (χ0) is 15.1. The van der Waals surface area contributed by atoms with E-state index in [9.17, 15) is 18.0 Å². The first kappa shape index (κ1) is 15.3. The topological polar surface area (TPSA) is 17.1 Å². The van der Waals surface area contributed by atoms with Crippen LogP contribution in [-0.4, -0.2) is 5.78 Å². The molecule has 0 radical (unpaired) electrons. The lowest BCUT2D eigenvalue weighted by atomic mass is 10.0. The maximum atomic E-state index is 12.8. The molecule has 106 valence electrons. The minimum Gasteiger partial charge on any atom is -0.288 e. The fraction of sp³-hybridized carbons (Fsp3) is 0.214. The number of benzene rings is 1. The van der Waals surface area contributed by atoms with Gasteiger partial charge < -0.3 is 0 Å². The Hall–Kier alpha value is -1.14. The summed E-state index contributed by atoms with van der Waals surface area (Å²) < 4.78 is 38.4. The molecule has 0 saturated carbocycles. The van der Waals surface area contributed by atoms with Crippen LogP contribution in [0, 0.1) is 13.8 Å². The number of carbonyl (C=O) groups is 1. The number of aryl methyl sites for hydroxylation is 2. The number of thiophene rings is 1. The van der Waals surface area contributed by atoms with Gasteiger partial charge in [-0.25, -0.2) is 0 Å². The molecule has 6 heteroatoms. The highest BCUT2D eigenvalue weighted by Gasteiger charge is 2.33. The minimum atomic E-state index is -4.49. The van der Waals surface area contributed by atoms with Gasteiger partial charge in [0.1, 0.15) is 0 Å². The van der Waals surface area contributed by atoms with E-state index in [-0.39, 0.29) is 15.8 Å². The summed E-state index contributed by atoms with van der Waals surface area (Å²) in [5.74, 6) is -0.376. The molecule has 0 bridgehead atoms. The Labute approximate surface area is 126 Å². The lowest BCUT2D eigenvalue weighted by molar-refractivity contribution is -0.138. The van der Waals surface area contributed by atoms with Crippen molar-refractivity contribution in [3.05, 3.63) is 55.2 Å². The first-order chi connectivity index (χ1) is 9.20. The summed E-state index contributed by atoms with van der Waals surface area (Å²) in [6.07, 6.45) is -4.49. The van der Waals surface area contributed by atoms with Crippen molar-refractivity contribution >= 4 is 33.0 Å². The van der Waals surface area contributed by atoms with Gasteiger partial charge in [0.2, 0.25) is 5.78 Å². The number of hydrogen-bond acceptors (Lipinski definition) is 2. The highest BCUT2D eigenvalue weighted by atomic mass is 79.9. The number of ketones is 1. The Morgan fingerprint density at radius 3 is 2.35 bits per heavy atom. The maximum Gasteiger partial charge on any atom is 0.417 e. The fourth-order valence-electron chi connectivity index (χ4n) is 1.88. The lowest BCUT2D eigenvalue weighted by Gasteiger charge is -2.10. The molecule has 0 unspecified atom stereocenters. The second-order valence-electron chi connectivity index (χ2n) is 4.39. The quantitative estimate of drug-likeness (QED) is 0.655. The summed E-state index contributed by atoms with van der Waals surface area (Å²) in [5, 5.41) is 0. The molecule has 0 amide bonds. The van der Waals surface area contributed by atoms with Crippen molar-refractivity contribution in [3.63, 3.8) is 0 Å². The number of alkyl halides is 3. The molecule has 0 fully saturated rings. The molecule has 0 aliphatic heterocycles. The monoisotopic (exact) mass is 362 g/mol. The summed E-state index contributed by atoms with van der Waals surface area (Å²) in [7, 11) is 0. The van der Waals surface area contributed by atoms with E-state index in [1.165, 1.54) is 23.5 Å². The Bertz CT molecular complexity index is 674. The fourth-order valence-corrected chi connectivity index (χ4v) is 3.34. The SMILES string of the molecule is Cc1cc(C)c(C(=O)c2ccc(Br)c(C(F)(F)F)c2)s1. The van der Waals surface area contributed by atoms with Crippen molar-refractivity contribution in [1.29, 1.82) is 0 Å². The van der Waals surface area contributed by atoms with E-state index in [1.807, 2.05) is 13.0 Å². The van der Waals surface area contributed by atoms with Crippen LogP contribution in [0.25, 0.3) is 0 Å². The second kappa shape index (κ2) is 5.33. The first-order valence-electron chi connectivity index (χ1n) is 5.68. The van der Waals surface area contributed by atoms with Crippen molar-refractivity contribution in [1.82, 2.24) is 0 Å². The molecule has 2 aromatic rings. The Kier molecular flexibility index (Phi) is 4.07. The number of carbonyl (C=O) groups excluding carboxylic acids is 1. The van der Waals surface area contributed by atoms with Crippen molar-refractivity contribution in [2.75, 3.05) is 0 Å². The van der Waals surface area contributed by atoms with Crippen LogP contribution in [0.2, 0.25) is 0 Å². The molecule has 1 aromatic carbocycles. The zero-order valence-corrected chi connectivity index (χ0v) is 13.0. The van der Waals surface area contributed by atoms with Gasteiger partial charge in [-0.15, -0.1) is 11.3 Å². The lowest BCUT2D eigenvalue weighted by Crippen LogP contribution is -2.09. The smallest absolute Gasteiger partial charge is 0.288 e. The van der Waals surface area contributed by atoms with Crippen LogP contribution in [0.15, 0.2) is 28.7 Å². The van der Waals surface area contributed by atoms with Gasteiger partial charge in [-0.3, -0.25) is 4.79 Å². The van der Waals surface area contributed by atoms with E-state index in [0.29, 0.717) is 4.88 Å². The molecule has 0 atom stereocenters. The summed E-state index contributed by atoms with van der Waals surface area (Å²) in [4.78, 5) is 13.7. The molecule has 20 heavy (non-hydrogen) atoms. The molecule has 0 spiro atoms. The van der Waals surface area contributed by atoms with Gasteiger partial charge in [-0.1, -0.05) is 15.9 Å². The Morgan fingerprint density at radius 2 is 1.85 bits per heavy atom. The van der Waals surface area contributed by atoms with E-state index >= 15 is 0 Å². The largest absolute Gasteiger partial charge is 0.417 e. The predicted octanol–water partition coefficient (Wildman–Crippen LogP) is 5.38. The Balaban J connectivity index is 2.49. The summed E-state index contributed by atoms with van der Waals surface area (Å²) in [5.41, 5.74) is -0.00580. The standard InChI is InChI=1S/C14H10BrF3OS/c1-7-5-8(2)20-13(7)12(19)9-3-4-11(15)10(6-9)14(16,17)18/h3-6H,1-2H3. The predicted molar refractivity (Wildman–Crippen MR) is 76.4 cm³/mol. The molecule has 1 aromatic heterocycles. The van der Waals surface area contributed by atoms with Gasteiger partial charge in [0, 0.05) is 14.9 Å². The highest BCUT2D eigenvalue weighted by molar-refractivity contribution is 9.10. The van der Waals surface area contributed by atoms with Gasteiger partial charge in [0.25, 0.3) is 0 Å². The van der Waals surface area contributed by atoms with Gasteiger partial charge >= 0.3 is 6.18 Å². The van der Waals surface area contributed by atoms with E-state index < -0.39 is 11.7 Å². The average molecular weight is 363 g/mol. The molecule has 0 aliphatic rings. The third kappa shape index (κ3) is 2.96. The third-order valence-electron chi connectivity index (χ3n) is 2.78. The van der Waals surface area contributed by atoms with E-state index in [0.717, 1.165) is 16.5 Å². The van der Waals surface area contributed by atoms with Gasteiger partial charge in [0.05, 0.1) is 10.4 Å². The van der Waals surface area contributed by atoms with Crippen molar-refractivity contribution < 1.29 is 18.0 Å². The maximum absolute atomic E-state index is 12.8. The molecular formula is C14H10BrF3OS. The van der Waals surface area contributed by atoms with Gasteiger partial charge in [-0.05, 0) is 43.7 Å². The number of rotatable bonds is 2. The van der Waals surface area contributed by atoms with Crippen LogP contribution in [0.5, 0.6) is 0 Å². The summed E-state index contributed by atoms with van der Waals surface area (Å²) in [6.45, 7) is 3.64. The van der Waals surface area contributed by atoms with Crippen LogP contribution in [-0.2, 0) is 6.18 Å². The molecule has 0 aliphatic carbocycles. The summed E-state index contributed by atoms with van der Waals surface area (Å²) >= 11 is 4.15. The van der Waals surface area contributed by atoms with Crippen LogP contribution < -0.4 is 0 Å². The summed E-state index contributed by atoms with van der Waals surface area (Å²) in [6, 6.07) is 5.39. The van der Waals surface area contributed by atoms with Crippen LogP contribution in [0.4, 0.5) is 13.2 Å². The van der Waals surface area contributed by atoms with Crippen molar-refractivity contribution in [2.45, 2.75) is 20.0 Å². The molecule has 0 N–H and O–H groups in total. The third-order valence-corrected chi connectivity index (χ3v) is 4.62. The van der Waals surface area contributed by atoms with Gasteiger partial charge in [0.15, 0.2) is 0 Å². The van der Waals surface area contributed by atoms with Crippen molar-refractivity contribution in [2.24, 2.45) is 0 Å². The number of halogens is 4. The molecule has 1 nitrogen and oxygen atoms in total. The van der Waals surface area contributed by atoms with E-state index in [4.69, 9.17) is 0 Å². The average Bonchev–Trinajstić information content (AvgIpc) is 2.66. The second-order valence-corrected chi connectivity index (χ2v) is 6.50. The van der Waals surface area contributed by atoms with Crippen molar-refractivity contribution in [3.8, 4) is 0 Å². The Morgan fingerprint density at radius 1 is 1.20 bits per heavy atom. The van der Waals surface area contributed by atoms with Crippen LogP contribution in [0.1, 0.15) is 31.2 Å². The van der Waals surface area contributed by atoms with Crippen LogP contribution in [0.3, 0.4) is 0 Å². The highest BCUT2D eigenvalue weighted by Crippen LogP contribution is 2.36. The molecule has 0 saturated heterocycles. The molecule has 1 heterocycles. The first-order valence-corrected chi connectivity index (χ1v) is 7.29. The zero-order valence-electron chi connectivity index (χ0n) is 10.6. The molecule has 2 rings (SSSR count). The minimum absolute atomic E-state index is 0.0467. The normalized spacial score (nSPS) is 11.7. The van der Waals surface area contributed by atoms with E-state index in [1.54, 1.807) is 6.92 Å². The van der Waals surface area contributed by atoms with Gasteiger partial charge in [-0.2, -0.15) is 13.2 Å². The molecular weight excluding hydrogens is 353 g/mol. The number of hydrogen-bond donors (Lipinski definition) is 0. The van der Waals surface area contributed by atoms with Crippen LogP contribution >= 0.6 is 27.3 Å².